The molecule has 1 saturated heterocycles. The highest BCUT2D eigenvalue weighted by atomic mass is 16.4. The monoisotopic (exact) mass is 437 g/mol. The predicted molar refractivity (Wildman–Crippen MR) is 116 cm³/mol. The van der Waals surface area contributed by atoms with Crippen molar-refractivity contribution >= 4 is 34.4 Å². The molecule has 11 nitrogen and oxygen atoms in total. The lowest BCUT2D eigenvalue weighted by Gasteiger charge is -2.26. The summed E-state index contributed by atoms with van der Waals surface area (Å²) < 4.78 is 1.63. The molecule has 2 fully saturated rings. The molecule has 5 rings (SSSR count). The number of anilines is 2. The van der Waals surface area contributed by atoms with Crippen molar-refractivity contribution in [2.45, 2.75) is 31.3 Å². The number of nitrogens with zero attached hydrogens (tertiary/aromatic N) is 6. The van der Waals surface area contributed by atoms with Gasteiger partial charge in [-0.2, -0.15) is 5.10 Å². The third-order valence-corrected chi connectivity index (χ3v) is 5.90. The van der Waals surface area contributed by atoms with E-state index >= 15 is 0 Å². The molecular weight excluding hydrogens is 414 g/mol. The van der Waals surface area contributed by atoms with Crippen LogP contribution in [0.15, 0.2) is 30.7 Å². The second-order valence-electron chi connectivity index (χ2n) is 8.25. The van der Waals surface area contributed by atoms with Gasteiger partial charge in [-0.25, -0.2) is 14.8 Å². The van der Waals surface area contributed by atoms with E-state index in [2.05, 4.69) is 20.4 Å². The van der Waals surface area contributed by atoms with Crippen LogP contribution in [0.2, 0.25) is 0 Å². The third-order valence-electron chi connectivity index (χ3n) is 5.90. The Morgan fingerprint density at radius 1 is 1.16 bits per heavy atom. The first-order chi connectivity index (χ1) is 15.4. The minimum absolute atomic E-state index is 0.0601. The van der Waals surface area contributed by atoms with Gasteiger partial charge in [0.1, 0.15) is 17.3 Å². The van der Waals surface area contributed by atoms with Crippen LogP contribution < -0.4 is 10.2 Å². The molecular formula is C21H23N7O4. The Kier molecular flexibility index (Phi) is 4.80. The number of aromatic nitrogens is 4. The van der Waals surface area contributed by atoms with E-state index in [0.29, 0.717) is 24.4 Å². The molecule has 2 amide bonds. The molecule has 1 aliphatic carbocycles. The first-order valence-electron chi connectivity index (χ1n) is 10.4. The van der Waals surface area contributed by atoms with E-state index in [1.54, 1.807) is 28.9 Å². The van der Waals surface area contributed by atoms with Crippen molar-refractivity contribution < 1.29 is 19.8 Å². The SMILES string of the molecule is Cn1cc2cc(NC(=O)c3cnc(N4CC[C@@H](N(C(=O)O)C5CC5)C4)cn3)c(O)cc2n1. The van der Waals surface area contributed by atoms with Gasteiger partial charge in [0.15, 0.2) is 0 Å². The van der Waals surface area contributed by atoms with Crippen molar-refractivity contribution in [3.8, 4) is 5.75 Å². The van der Waals surface area contributed by atoms with E-state index in [1.165, 1.54) is 18.5 Å². The number of aromatic hydroxyl groups is 1. The van der Waals surface area contributed by atoms with Crippen LogP contribution in [0.3, 0.4) is 0 Å². The summed E-state index contributed by atoms with van der Waals surface area (Å²) in [5, 5.41) is 27.4. The van der Waals surface area contributed by atoms with Crippen LogP contribution >= 0.6 is 0 Å². The van der Waals surface area contributed by atoms with Gasteiger partial charge in [0.2, 0.25) is 0 Å². The fourth-order valence-corrected chi connectivity index (χ4v) is 4.21. The number of phenols is 1. The minimum Gasteiger partial charge on any atom is -0.506 e. The number of hydrogen-bond acceptors (Lipinski definition) is 7. The zero-order chi connectivity index (χ0) is 22.4. The molecule has 0 spiro atoms. The van der Waals surface area contributed by atoms with Crippen LogP contribution in [0, 0.1) is 0 Å². The summed E-state index contributed by atoms with van der Waals surface area (Å²) in [4.78, 5) is 36.3. The number of aryl methyl sites for hydroxylation is 1. The summed E-state index contributed by atoms with van der Waals surface area (Å²) in [5.74, 6) is 0.0216. The average molecular weight is 437 g/mol. The highest BCUT2D eigenvalue weighted by Gasteiger charge is 2.40. The topological polar surface area (TPSA) is 137 Å². The fourth-order valence-electron chi connectivity index (χ4n) is 4.21. The number of carbonyl (C=O) groups is 2. The lowest BCUT2D eigenvalue weighted by Crippen LogP contribution is -2.42. The van der Waals surface area contributed by atoms with Gasteiger partial charge in [0.25, 0.3) is 5.91 Å². The van der Waals surface area contributed by atoms with Crippen LogP contribution in [0.4, 0.5) is 16.3 Å². The number of fused-ring (bicyclic) bond motifs is 1. The van der Waals surface area contributed by atoms with E-state index in [-0.39, 0.29) is 29.2 Å². The standard InChI is InChI=1S/C21H23N7O4/c1-26-10-12-6-16(18(29)7-15(12)25-26)24-20(30)17-8-23-19(9-22-17)27-5-4-14(11-27)28(21(31)32)13-2-3-13/h6-10,13-14,29H,2-5,11H2,1H3,(H,24,30)(H,31,32)/t14-/m1/s1. The van der Waals surface area contributed by atoms with Gasteiger partial charge in [0.05, 0.1) is 29.6 Å². The molecule has 0 unspecified atom stereocenters. The van der Waals surface area contributed by atoms with Crippen molar-refractivity contribution in [1.82, 2.24) is 24.6 Å². The Balaban J connectivity index is 1.26. The highest BCUT2D eigenvalue weighted by Crippen LogP contribution is 2.32. The molecule has 0 bridgehead atoms. The molecule has 2 aliphatic rings. The van der Waals surface area contributed by atoms with Crippen LogP contribution in [0.1, 0.15) is 29.8 Å². The minimum atomic E-state index is -0.870. The Hall–Kier alpha value is -3.89. The Bertz CT molecular complexity index is 1190. The average Bonchev–Trinajstić information content (AvgIpc) is 3.34. The van der Waals surface area contributed by atoms with E-state index in [4.69, 9.17) is 0 Å². The molecule has 0 radical (unpaired) electrons. The predicted octanol–water partition coefficient (Wildman–Crippen LogP) is 2.04. The normalized spacial score (nSPS) is 18.2. The number of rotatable bonds is 5. The smallest absolute Gasteiger partial charge is 0.407 e. The van der Waals surface area contributed by atoms with Crippen LogP contribution in [0.25, 0.3) is 10.9 Å². The summed E-state index contributed by atoms with van der Waals surface area (Å²) in [6, 6.07) is 3.22. The summed E-state index contributed by atoms with van der Waals surface area (Å²) in [6.07, 6.45) is 6.41. The maximum absolute atomic E-state index is 12.6. The molecule has 32 heavy (non-hydrogen) atoms. The maximum atomic E-state index is 12.6. The maximum Gasteiger partial charge on any atom is 0.407 e. The van der Waals surface area contributed by atoms with Gasteiger partial charge in [-0.15, -0.1) is 0 Å². The van der Waals surface area contributed by atoms with Gasteiger partial charge in [0, 0.05) is 43.8 Å². The Morgan fingerprint density at radius 3 is 2.66 bits per heavy atom. The lowest BCUT2D eigenvalue weighted by molar-refractivity contribution is 0.102. The Morgan fingerprint density at radius 2 is 1.97 bits per heavy atom. The summed E-state index contributed by atoms with van der Waals surface area (Å²) in [7, 11) is 1.78. The lowest BCUT2D eigenvalue weighted by atomic mass is 10.2. The number of phenolic OH excluding ortho intramolecular Hbond substituents is 1. The van der Waals surface area contributed by atoms with Gasteiger partial charge in [-0.05, 0) is 25.3 Å². The van der Waals surface area contributed by atoms with Crippen molar-refractivity contribution in [2.75, 3.05) is 23.3 Å². The number of benzene rings is 1. The van der Waals surface area contributed by atoms with Gasteiger partial charge < -0.3 is 25.3 Å². The number of carbonyl (C=O) groups excluding carboxylic acids is 1. The van der Waals surface area contributed by atoms with E-state index in [0.717, 1.165) is 24.6 Å². The number of carboxylic acid groups (broad SMARTS) is 1. The zero-order valence-electron chi connectivity index (χ0n) is 17.5. The molecule has 1 aromatic carbocycles. The second kappa shape index (κ2) is 7.66. The number of hydrogen-bond donors (Lipinski definition) is 3. The third kappa shape index (κ3) is 3.77. The molecule has 1 saturated carbocycles. The largest absolute Gasteiger partial charge is 0.506 e. The summed E-state index contributed by atoms with van der Waals surface area (Å²) in [5.41, 5.74) is 0.997. The Labute approximate surface area is 183 Å². The van der Waals surface area contributed by atoms with E-state index in [1.807, 2.05) is 4.90 Å². The molecule has 166 valence electrons. The van der Waals surface area contributed by atoms with E-state index < -0.39 is 12.0 Å². The van der Waals surface area contributed by atoms with Crippen molar-refractivity contribution in [2.24, 2.45) is 7.05 Å². The quantitative estimate of drug-likeness (QED) is 0.516. The molecule has 1 atom stereocenters. The summed E-state index contributed by atoms with van der Waals surface area (Å²) >= 11 is 0. The fraction of sp³-hybridized carbons (Fsp3) is 0.381. The molecule has 2 aromatic heterocycles. The molecule has 3 aromatic rings. The first kappa shape index (κ1) is 20.0. The molecule has 1 aliphatic heterocycles. The van der Waals surface area contributed by atoms with Gasteiger partial charge in [-0.1, -0.05) is 0 Å². The van der Waals surface area contributed by atoms with Crippen molar-refractivity contribution in [3.05, 3.63) is 36.4 Å². The van der Waals surface area contributed by atoms with Gasteiger partial charge >= 0.3 is 6.09 Å². The molecule has 3 heterocycles. The van der Waals surface area contributed by atoms with Gasteiger partial charge in [-0.3, -0.25) is 9.48 Å². The molecule has 3 N–H and O–H groups in total. The second-order valence-corrected chi connectivity index (χ2v) is 8.25. The first-order valence-corrected chi connectivity index (χ1v) is 10.4. The van der Waals surface area contributed by atoms with E-state index in [9.17, 15) is 19.8 Å². The summed E-state index contributed by atoms with van der Waals surface area (Å²) in [6.45, 7) is 1.24. The number of nitrogens with one attached hydrogen (secondary N) is 1. The van der Waals surface area contributed by atoms with Crippen molar-refractivity contribution in [1.29, 1.82) is 0 Å². The van der Waals surface area contributed by atoms with Crippen LogP contribution in [-0.2, 0) is 7.05 Å². The van der Waals surface area contributed by atoms with Crippen molar-refractivity contribution in [3.63, 3.8) is 0 Å². The molecule has 11 heteroatoms. The van der Waals surface area contributed by atoms with Crippen LogP contribution in [-0.4, -0.2) is 72.0 Å². The number of amides is 2. The zero-order valence-corrected chi connectivity index (χ0v) is 17.5. The highest BCUT2D eigenvalue weighted by molar-refractivity contribution is 6.04. The van der Waals surface area contributed by atoms with Crippen LogP contribution in [0.5, 0.6) is 5.75 Å².